The molecule has 2 aliphatic heterocycles. The fraction of sp³-hybridized carbons (Fsp3) is 0.444. The van der Waals surface area contributed by atoms with Gasteiger partial charge in [-0.15, -0.1) is 0 Å². The standard InChI is InChI=1S/C18H22N4O.H2/c1-2-4-14(5-3-1)11-22-9-7-17-16(12-22)18(21-13-20-17)23-15-6-8-19-10-15;/h1-5,13,15,19H,6-12H2;1H/t15-;/m0./s1. The Hall–Kier alpha value is -1.98. The van der Waals surface area contributed by atoms with Gasteiger partial charge in [0.15, 0.2) is 0 Å². The van der Waals surface area contributed by atoms with Gasteiger partial charge in [-0.3, -0.25) is 4.90 Å². The Labute approximate surface area is 138 Å². The highest BCUT2D eigenvalue weighted by Gasteiger charge is 2.24. The lowest BCUT2D eigenvalue weighted by Crippen LogP contribution is -2.32. The Balaban J connectivity index is 0.00000169. The second-order valence-electron chi connectivity index (χ2n) is 6.28. The number of hydrogen-bond donors (Lipinski definition) is 1. The van der Waals surface area contributed by atoms with Crippen LogP contribution in [0.15, 0.2) is 36.7 Å². The molecule has 0 amide bonds. The third-order valence-corrected chi connectivity index (χ3v) is 4.58. The SMILES string of the molecule is [HH].c1ccc(CN2CCc3ncnc(O[C@H]4CCNC4)c3C2)cc1. The van der Waals surface area contributed by atoms with Gasteiger partial charge in [-0.25, -0.2) is 9.97 Å². The van der Waals surface area contributed by atoms with E-state index in [4.69, 9.17) is 4.74 Å². The van der Waals surface area contributed by atoms with Crippen LogP contribution in [0, 0.1) is 0 Å². The number of nitrogens with zero attached hydrogens (tertiary/aromatic N) is 3. The molecule has 5 nitrogen and oxygen atoms in total. The van der Waals surface area contributed by atoms with Crippen molar-refractivity contribution in [3.05, 3.63) is 53.5 Å². The lowest BCUT2D eigenvalue weighted by molar-refractivity contribution is 0.194. The van der Waals surface area contributed by atoms with Crippen molar-refractivity contribution in [1.29, 1.82) is 0 Å². The molecule has 122 valence electrons. The summed E-state index contributed by atoms with van der Waals surface area (Å²) in [5.74, 6) is 0.779. The number of rotatable bonds is 4. The van der Waals surface area contributed by atoms with Gasteiger partial charge in [-0.1, -0.05) is 30.3 Å². The molecule has 2 aliphatic rings. The predicted molar refractivity (Wildman–Crippen MR) is 90.3 cm³/mol. The summed E-state index contributed by atoms with van der Waals surface area (Å²) in [4.78, 5) is 11.3. The van der Waals surface area contributed by atoms with Gasteiger partial charge in [-0.2, -0.15) is 0 Å². The fourth-order valence-electron chi connectivity index (χ4n) is 3.34. The van der Waals surface area contributed by atoms with Crippen LogP contribution in [0.1, 0.15) is 24.7 Å². The lowest BCUT2D eigenvalue weighted by Gasteiger charge is -2.29. The topological polar surface area (TPSA) is 50.3 Å². The van der Waals surface area contributed by atoms with Crippen LogP contribution in [0.2, 0.25) is 0 Å². The molecule has 0 spiro atoms. The predicted octanol–water partition coefficient (Wildman–Crippen LogP) is 2.02. The van der Waals surface area contributed by atoms with Crippen LogP contribution in [0.5, 0.6) is 5.88 Å². The van der Waals surface area contributed by atoms with E-state index >= 15 is 0 Å². The summed E-state index contributed by atoms with van der Waals surface area (Å²) in [5.41, 5.74) is 3.65. The molecule has 1 aromatic heterocycles. The quantitative estimate of drug-likeness (QED) is 0.936. The largest absolute Gasteiger partial charge is 0.473 e. The van der Waals surface area contributed by atoms with Crippen LogP contribution >= 0.6 is 0 Å². The molecule has 0 aliphatic carbocycles. The van der Waals surface area contributed by atoms with Gasteiger partial charge in [0.25, 0.3) is 0 Å². The monoisotopic (exact) mass is 312 g/mol. The molecule has 0 bridgehead atoms. The van der Waals surface area contributed by atoms with E-state index < -0.39 is 0 Å². The van der Waals surface area contributed by atoms with Crippen LogP contribution in [0.3, 0.4) is 0 Å². The molecular weight excluding hydrogens is 288 g/mol. The van der Waals surface area contributed by atoms with Gasteiger partial charge < -0.3 is 10.1 Å². The first-order chi connectivity index (χ1) is 11.4. The Morgan fingerprint density at radius 2 is 2.17 bits per heavy atom. The summed E-state index contributed by atoms with van der Waals surface area (Å²) in [5, 5.41) is 3.34. The zero-order valence-corrected chi connectivity index (χ0v) is 13.2. The first kappa shape index (κ1) is 14.6. The van der Waals surface area contributed by atoms with Gasteiger partial charge in [0.05, 0.1) is 5.69 Å². The molecule has 2 aromatic rings. The van der Waals surface area contributed by atoms with Crippen molar-refractivity contribution >= 4 is 0 Å². The van der Waals surface area contributed by atoms with E-state index in [1.165, 1.54) is 11.1 Å². The number of nitrogens with one attached hydrogen (secondary N) is 1. The second-order valence-corrected chi connectivity index (χ2v) is 6.28. The van der Waals surface area contributed by atoms with Gasteiger partial charge in [0, 0.05) is 39.6 Å². The van der Waals surface area contributed by atoms with E-state index in [2.05, 4.69) is 50.5 Å². The van der Waals surface area contributed by atoms with E-state index in [0.29, 0.717) is 0 Å². The first-order valence-electron chi connectivity index (χ1n) is 8.35. The van der Waals surface area contributed by atoms with Crippen molar-refractivity contribution in [2.45, 2.75) is 32.0 Å². The normalized spacial score (nSPS) is 21.1. The Bertz CT molecular complexity index is 661. The smallest absolute Gasteiger partial charge is 0.221 e. The number of hydrogen-bond acceptors (Lipinski definition) is 5. The average Bonchev–Trinajstić information content (AvgIpc) is 3.09. The molecular formula is C18H24N4O. The highest BCUT2D eigenvalue weighted by Crippen LogP contribution is 2.26. The number of fused-ring (bicyclic) bond motifs is 1. The molecule has 5 heteroatoms. The van der Waals surface area contributed by atoms with Crippen molar-refractivity contribution < 1.29 is 6.16 Å². The Morgan fingerprint density at radius 3 is 3.00 bits per heavy atom. The molecule has 1 atom stereocenters. The molecule has 1 aromatic carbocycles. The minimum absolute atomic E-state index is 0. The minimum Gasteiger partial charge on any atom is -0.473 e. The van der Waals surface area contributed by atoms with E-state index in [9.17, 15) is 0 Å². The van der Waals surface area contributed by atoms with E-state index in [1.807, 2.05) is 0 Å². The lowest BCUT2D eigenvalue weighted by atomic mass is 10.1. The van der Waals surface area contributed by atoms with Crippen molar-refractivity contribution in [2.24, 2.45) is 0 Å². The van der Waals surface area contributed by atoms with Crippen LogP contribution in [-0.2, 0) is 19.5 Å². The summed E-state index contributed by atoms with van der Waals surface area (Å²) in [7, 11) is 0. The summed E-state index contributed by atoms with van der Waals surface area (Å²) >= 11 is 0. The van der Waals surface area contributed by atoms with Gasteiger partial charge in [0.1, 0.15) is 12.4 Å². The summed E-state index contributed by atoms with van der Waals surface area (Å²) in [6.07, 6.45) is 3.89. The number of ether oxygens (including phenoxy) is 1. The fourth-order valence-corrected chi connectivity index (χ4v) is 3.34. The third kappa shape index (κ3) is 3.35. The van der Waals surface area contributed by atoms with E-state index in [-0.39, 0.29) is 7.53 Å². The maximum Gasteiger partial charge on any atom is 0.221 e. The minimum atomic E-state index is 0. The molecule has 4 rings (SSSR count). The van der Waals surface area contributed by atoms with Crippen LogP contribution in [0.4, 0.5) is 0 Å². The van der Waals surface area contributed by atoms with Crippen molar-refractivity contribution in [2.75, 3.05) is 19.6 Å². The van der Waals surface area contributed by atoms with E-state index in [1.54, 1.807) is 6.33 Å². The second kappa shape index (κ2) is 6.64. The molecule has 1 fully saturated rings. The Morgan fingerprint density at radius 1 is 1.26 bits per heavy atom. The van der Waals surface area contributed by atoms with Gasteiger partial charge in [0.2, 0.25) is 5.88 Å². The zero-order chi connectivity index (χ0) is 15.5. The Kier molecular flexibility index (Phi) is 4.22. The molecule has 3 heterocycles. The van der Waals surface area contributed by atoms with Crippen LogP contribution in [-0.4, -0.2) is 40.6 Å². The van der Waals surface area contributed by atoms with Crippen molar-refractivity contribution in [1.82, 2.24) is 20.2 Å². The number of benzene rings is 1. The van der Waals surface area contributed by atoms with Crippen molar-refractivity contribution in [3.8, 4) is 5.88 Å². The first-order valence-corrected chi connectivity index (χ1v) is 8.35. The average molecular weight is 312 g/mol. The molecule has 0 unspecified atom stereocenters. The molecule has 1 N–H and O–H groups in total. The summed E-state index contributed by atoms with van der Waals surface area (Å²) in [6, 6.07) is 10.6. The summed E-state index contributed by atoms with van der Waals surface area (Å²) in [6.45, 7) is 4.79. The highest BCUT2D eigenvalue weighted by atomic mass is 16.5. The molecule has 0 radical (unpaired) electrons. The molecule has 23 heavy (non-hydrogen) atoms. The molecule has 1 saturated heterocycles. The van der Waals surface area contributed by atoms with Crippen molar-refractivity contribution in [3.63, 3.8) is 0 Å². The van der Waals surface area contributed by atoms with E-state index in [0.717, 1.165) is 57.1 Å². The number of aromatic nitrogens is 2. The highest BCUT2D eigenvalue weighted by molar-refractivity contribution is 5.32. The van der Waals surface area contributed by atoms with Gasteiger partial charge in [-0.05, 0) is 18.5 Å². The third-order valence-electron chi connectivity index (χ3n) is 4.58. The van der Waals surface area contributed by atoms with Crippen LogP contribution < -0.4 is 10.1 Å². The van der Waals surface area contributed by atoms with Gasteiger partial charge >= 0.3 is 0 Å². The summed E-state index contributed by atoms with van der Waals surface area (Å²) < 4.78 is 6.13. The maximum atomic E-state index is 6.13. The molecule has 0 saturated carbocycles. The van der Waals surface area contributed by atoms with Crippen LogP contribution in [0.25, 0.3) is 0 Å². The zero-order valence-electron chi connectivity index (χ0n) is 13.2. The maximum absolute atomic E-state index is 6.13.